The average Bonchev–Trinajstić information content (AvgIpc) is 2.67. The summed E-state index contributed by atoms with van der Waals surface area (Å²) in [6, 6.07) is 11.4. The first-order valence-electron chi connectivity index (χ1n) is 8.29. The molecule has 2 rings (SSSR count). The van der Waals surface area contributed by atoms with Crippen molar-refractivity contribution in [2.24, 2.45) is 0 Å². The Labute approximate surface area is 161 Å². The molecular formula is C19H20N2O5S. The Hall–Kier alpha value is -2.87. The van der Waals surface area contributed by atoms with Crippen molar-refractivity contribution in [1.82, 2.24) is 0 Å². The van der Waals surface area contributed by atoms with E-state index in [-0.39, 0.29) is 11.3 Å². The average molecular weight is 388 g/mol. The summed E-state index contributed by atoms with van der Waals surface area (Å²) in [7, 11) is 0. The number of nitro benzene ring substituents is 1. The van der Waals surface area contributed by atoms with Gasteiger partial charge in [0.2, 0.25) is 0 Å². The van der Waals surface area contributed by atoms with E-state index >= 15 is 0 Å². The maximum absolute atomic E-state index is 12.2. The Balaban J connectivity index is 2.04. The van der Waals surface area contributed by atoms with E-state index in [4.69, 9.17) is 4.74 Å². The molecule has 0 unspecified atom stereocenters. The van der Waals surface area contributed by atoms with Crippen molar-refractivity contribution in [3.8, 4) is 0 Å². The van der Waals surface area contributed by atoms with Gasteiger partial charge in [-0.15, -0.1) is 11.8 Å². The van der Waals surface area contributed by atoms with Crippen LogP contribution < -0.4 is 5.32 Å². The molecule has 1 atom stereocenters. The molecule has 0 aromatic heterocycles. The Bertz CT molecular complexity index is 852. The first-order chi connectivity index (χ1) is 12.8. The molecule has 142 valence electrons. The highest BCUT2D eigenvalue weighted by atomic mass is 32.2. The second kappa shape index (κ2) is 9.18. The second-order valence-corrected chi connectivity index (χ2v) is 6.58. The minimum atomic E-state index is -1.05. The molecule has 8 heteroatoms. The van der Waals surface area contributed by atoms with Crippen molar-refractivity contribution >= 4 is 35.0 Å². The lowest BCUT2D eigenvalue weighted by molar-refractivity contribution is -0.387. The maximum Gasteiger partial charge on any atom is 0.339 e. The molecule has 1 amide bonds. The van der Waals surface area contributed by atoms with Crippen LogP contribution in [0.5, 0.6) is 0 Å². The van der Waals surface area contributed by atoms with Crippen LogP contribution in [0.25, 0.3) is 0 Å². The maximum atomic E-state index is 12.2. The number of carbonyl (C=O) groups is 2. The molecule has 0 aliphatic carbocycles. The zero-order valence-electron chi connectivity index (χ0n) is 15.2. The Morgan fingerprint density at radius 1 is 1.22 bits per heavy atom. The molecule has 0 aliphatic heterocycles. The number of rotatable bonds is 7. The van der Waals surface area contributed by atoms with Crippen molar-refractivity contribution in [3.05, 3.63) is 63.7 Å². The zero-order chi connectivity index (χ0) is 20.0. The lowest BCUT2D eigenvalue weighted by Gasteiger charge is -2.14. The van der Waals surface area contributed by atoms with Crippen molar-refractivity contribution in [2.75, 3.05) is 11.6 Å². The van der Waals surface area contributed by atoms with Crippen LogP contribution in [-0.4, -0.2) is 29.2 Å². The highest BCUT2D eigenvalue weighted by molar-refractivity contribution is 7.98. The van der Waals surface area contributed by atoms with Crippen molar-refractivity contribution < 1.29 is 19.2 Å². The first kappa shape index (κ1) is 20.4. The molecule has 2 aromatic carbocycles. The van der Waals surface area contributed by atoms with E-state index in [1.807, 2.05) is 19.1 Å². The number of hydrogen-bond donors (Lipinski definition) is 1. The minimum absolute atomic E-state index is 0.0199. The quantitative estimate of drug-likeness (QED) is 0.332. The molecule has 1 N–H and O–H groups in total. The fourth-order valence-electron chi connectivity index (χ4n) is 2.31. The van der Waals surface area contributed by atoms with Crippen LogP contribution in [-0.2, 0) is 16.0 Å². The molecule has 0 bridgehead atoms. The molecular weight excluding hydrogens is 368 g/mol. The summed E-state index contributed by atoms with van der Waals surface area (Å²) in [4.78, 5) is 35.4. The van der Waals surface area contributed by atoms with Crippen LogP contribution >= 0.6 is 11.8 Å². The molecule has 0 radical (unpaired) electrons. The highest BCUT2D eigenvalue weighted by Gasteiger charge is 2.22. The summed E-state index contributed by atoms with van der Waals surface area (Å²) < 4.78 is 5.14. The molecule has 2 aromatic rings. The van der Waals surface area contributed by atoms with E-state index in [1.165, 1.54) is 30.8 Å². The monoisotopic (exact) mass is 388 g/mol. The summed E-state index contributed by atoms with van der Waals surface area (Å²) in [5.74, 6) is -1.28. The van der Waals surface area contributed by atoms with Gasteiger partial charge < -0.3 is 10.1 Å². The van der Waals surface area contributed by atoms with E-state index < -0.39 is 22.9 Å². The van der Waals surface area contributed by atoms with E-state index in [0.29, 0.717) is 10.6 Å². The number of esters is 1. The molecule has 0 aliphatic rings. The van der Waals surface area contributed by atoms with Gasteiger partial charge in [-0.05, 0) is 49.4 Å². The second-order valence-electron chi connectivity index (χ2n) is 5.73. The van der Waals surface area contributed by atoms with Crippen molar-refractivity contribution in [1.29, 1.82) is 0 Å². The number of thioether (sulfide) groups is 1. The molecule has 0 saturated heterocycles. The first-order valence-corrected chi connectivity index (χ1v) is 9.51. The van der Waals surface area contributed by atoms with Crippen LogP contribution in [0, 0.1) is 10.1 Å². The van der Waals surface area contributed by atoms with E-state index in [9.17, 15) is 19.7 Å². The number of nitro groups is 1. The Kier molecular flexibility index (Phi) is 6.95. The Morgan fingerprint density at radius 3 is 2.44 bits per heavy atom. The summed E-state index contributed by atoms with van der Waals surface area (Å²) in [5.41, 5.74) is 1.58. The lowest BCUT2D eigenvalue weighted by Crippen LogP contribution is -2.30. The van der Waals surface area contributed by atoms with Gasteiger partial charge in [-0.2, -0.15) is 0 Å². The third-order valence-corrected chi connectivity index (χ3v) is 4.68. The predicted octanol–water partition coefficient (Wildman–Crippen LogP) is 4.06. The number of aryl methyl sites for hydroxylation is 1. The molecule has 27 heavy (non-hydrogen) atoms. The largest absolute Gasteiger partial charge is 0.449 e. The van der Waals surface area contributed by atoms with Crippen LogP contribution in [0.1, 0.15) is 29.8 Å². The fraction of sp³-hybridized carbons (Fsp3) is 0.263. The number of ether oxygens (including phenoxy) is 1. The van der Waals surface area contributed by atoms with E-state index in [0.717, 1.165) is 18.1 Å². The van der Waals surface area contributed by atoms with Crippen LogP contribution in [0.15, 0.2) is 47.4 Å². The van der Waals surface area contributed by atoms with Gasteiger partial charge >= 0.3 is 5.97 Å². The van der Waals surface area contributed by atoms with Crippen LogP contribution in [0.4, 0.5) is 11.4 Å². The standard InChI is InChI=1S/C19H20N2O5S/c1-4-13-5-8-15(9-6-13)20-18(22)12(2)26-19(23)14-7-10-17(27-3)16(11-14)21(24)25/h5-12H,4H2,1-3H3,(H,20,22)/t12-/m1/s1. The van der Waals surface area contributed by atoms with Crippen LogP contribution in [0.3, 0.4) is 0 Å². The summed E-state index contributed by atoms with van der Waals surface area (Å²) in [5, 5.41) is 13.8. The van der Waals surface area contributed by atoms with Gasteiger partial charge in [0.15, 0.2) is 6.10 Å². The van der Waals surface area contributed by atoms with Gasteiger partial charge in [0, 0.05) is 11.8 Å². The number of amides is 1. The third kappa shape index (κ3) is 5.30. The van der Waals surface area contributed by atoms with Crippen LogP contribution in [0.2, 0.25) is 0 Å². The zero-order valence-corrected chi connectivity index (χ0v) is 16.0. The molecule has 0 saturated carbocycles. The molecule has 0 heterocycles. The molecule has 0 spiro atoms. The number of carbonyl (C=O) groups excluding carboxylic acids is 2. The summed E-state index contributed by atoms with van der Waals surface area (Å²) in [6.07, 6.45) is 1.55. The number of nitrogens with one attached hydrogen (secondary N) is 1. The number of hydrogen-bond acceptors (Lipinski definition) is 6. The smallest absolute Gasteiger partial charge is 0.339 e. The van der Waals surface area contributed by atoms with Gasteiger partial charge in [-0.25, -0.2) is 4.79 Å². The number of nitrogens with zero attached hydrogens (tertiary/aromatic N) is 1. The summed E-state index contributed by atoms with van der Waals surface area (Å²) >= 11 is 1.21. The molecule has 0 fully saturated rings. The fourth-order valence-corrected chi connectivity index (χ4v) is 2.86. The molecule has 7 nitrogen and oxygen atoms in total. The summed E-state index contributed by atoms with van der Waals surface area (Å²) in [6.45, 7) is 3.48. The number of anilines is 1. The van der Waals surface area contributed by atoms with E-state index in [2.05, 4.69) is 5.32 Å². The van der Waals surface area contributed by atoms with Crippen molar-refractivity contribution in [2.45, 2.75) is 31.3 Å². The number of benzene rings is 2. The third-order valence-electron chi connectivity index (χ3n) is 3.89. The van der Waals surface area contributed by atoms with Gasteiger partial charge in [0.25, 0.3) is 11.6 Å². The SMILES string of the molecule is CCc1ccc(NC(=O)[C@@H](C)OC(=O)c2ccc(SC)c([N+](=O)[O-])c2)cc1. The van der Waals surface area contributed by atoms with Gasteiger partial charge in [0.05, 0.1) is 15.4 Å². The van der Waals surface area contributed by atoms with Gasteiger partial charge in [-0.3, -0.25) is 14.9 Å². The van der Waals surface area contributed by atoms with E-state index in [1.54, 1.807) is 18.4 Å². The normalized spacial score (nSPS) is 11.5. The van der Waals surface area contributed by atoms with Crippen molar-refractivity contribution in [3.63, 3.8) is 0 Å². The lowest BCUT2D eigenvalue weighted by atomic mass is 10.1. The Morgan fingerprint density at radius 2 is 1.89 bits per heavy atom. The topological polar surface area (TPSA) is 98.5 Å². The van der Waals surface area contributed by atoms with Gasteiger partial charge in [0.1, 0.15) is 0 Å². The minimum Gasteiger partial charge on any atom is -0.449 e. The predicted molar refractivity (Wildman–Crippen MR) is 104 cm³/mol. The van der Waals surface area contributed by atoms with Gasteiger partial charge in [-0.1, -0.05) is 19.1 Å². The highest BCUT2D eigenvalue weighted by Crippen LogP contribution is 2.28.